The SMILES string of the molecule is CC.Cc1ccc2c(c1)C1(CCSC(N)=N1)c1cc(Br)ccc1O2. The highest BCUT2D eigenvalue weighted by molar-refractivity contribution is 9.10. The first-order valence-electron chi connectivity index (χ1n) is 8.16. The Bertz CT molecular complexity index is 752. The number of halogens is 1. The van der Waals surface area contributed by atoms with Crippen molar-refractivity contribution in [3.05, 3.63) is 57.6 Å². The van der Waals surface area contributed by atoms with E-state index in [1.165, 1.54) is 5.56 Å². The molecule has 126 valence electrons. The van der Waals surface area contributed by atoms with E-state index >= 15 is 0 Å². The fraction of sp³-hybridized carbons (Fsp3) is 0.316. The summed E-state index contributed by atoms with van der Waals surface area (Å²) < 4.78 is 7.14. The lowest BCUT2D eigenvalue weighted by molar-refractivity contribution is 0.391. The van der Waals surface area contributed by atoms with Crippen molar-refractivity contribution in [2.24, 2.45) is 10.7 Å². The van der Waals surface area contributed by atoms with E-state index in [1.807, 2.05) is 32.0 Å². The Morgan fingerprint density at radius 2 is 1.79 bits per heavy atom. The van der Waals surface area contributed by atoms with E-state index in [4.69, 9.17) is 15.5 Å². The van der Waals surface area contributed by atoms with Crippen molar-refractivity contribution in [3.8, 4) is 11.5 Å². The molecule has 0 bridgehead atoms. The topological polar surface area (TPSA) is 47.6 Å². The lowest BCUT2D eigenvalue weighted by Crippen LogP contribution is -2.35. The van der Waals surface area contributed by atoms with Crippen LogP contribution in [0.15, 0.2) is 45.9 Å². The fourth-order valence-electron chi connectivity index (χ4n) is 3.20. The van der Waals surface area contributed by atoms with Crippen LogP contribution in [0, 0.1) is 6.92 Å². The summed E-state index contributed by atoms with van der Waals surface area (Å²) in [7, 11) is 0. The van der Waals surface area contributed by atoms with Gasteiger partial charge in [0.05, 0.1) is 0 Å². The largest absolute Gasteiger partial charge is 0.457 e. The predicted molar refractivity (Wildman–Crippen MR) is 106 cm³/mol. The van der Waals surface area contributed by atoms with Crippen molar-refractivity contribution in [1.29, 1.82) is 0 Å². The van der Waals surface area contributed by atoms with Crippen LogP contribution in [0.25, 0.3) is 0 Å². The minimum atomic E-state index is -0.436. The van der Waals surface area contributed by atoms with Crippen LogP contribution >= 0.6 is 27.7 Å². The van der Waals surface area contributed by atoms with E-state index in [0.29, 0.717) is 5.17 Å². The third-order valence-corrected chi connectivity index (χ3v) is 5.49. The predicted octanol–water partition coefficient (Wildman–Crippen LogP) is 5.58. The maximum absolute atomic E-state index is 6.11. The molecule has 0 saturated heterocycles. The van der Waals surface area contributed by atoms with Gasteiger partial charge in [0.2, 0.25) is 0 Å². The molecule has 5 heteroatoms. The van der Waals surface area contributed by atoms with Crippen LogP contribution in [-0.4, -0.2) is 10.9 Å². The fourth-order valence-corrected chi connectivity index (χ4v) is 4.39. The zero-order valence-corrected chi connectivity index (χ0v) is 16.5. The summed E-state index contributed by atoms with van der Waals surface area (Å²) >= 11 is 5.19. The van der Waals surface area contributed by atoms with Gasteiger partial charge in [-0.05, 0) is 43.7 Å². The van der Waals surface area contributed by atoms with Gasteiger partial charge in [-0.3, -0.25) is 0 Å². The van der Waals surface area contributed by atoms with Gasteiger partial charge in [0, 0.05) is 21.4 Å². The zero-order chi connectivity index (χ0) is 17.3. The van der Waals surface area contributed by atoms with E-state index in [9.17, 15) is 0 Å². The zero-order valence-electron chi connectivity index (χ0n) is 14.1. The summed E-state index contributed by atoms with van der Waals surface area (Å²) in [5, 5.41) is 0.645. The molecule has 2 aliphatic heterocycles. The number of ether oxygens (including phenoxy) is 1. The average Bonchev–Trinajstić information content (AvgIpc) is 2.59. The van der Waals surface area contributed by atoms with E-state index in [-0.39, 0.29) is 0 Å². The second-order valence-electron chi connectivity index (χ2n) is 5.65. The molecule has 2 heterocycles. The molecular weight excluding hydrogens is 384 g/mol. The van der Waals surface area contributed by atoms with E-state index < -0.39 is 5.54 Å². The number of hydrogen-bond acceptors (Lipinski definition) is 4. The lowest BCUT2D eigenvalue weighted by Gasteiger charge is -2.39. The summed E-state index contributed by atoms with van der Waals surface area (Å²) in [6.45, 7) is 6.09. The van der Waals surface area contributed by atoms with Crippen molar-refractivity contribution < 1.29 is 4.74 Å². The first kappa shape index (κ1) is 17.4. The molecule has 4 rings (SSSR count). The van der Waals surface area contributed by atoms with Crippen molar-refractivity contribution in [2.75, 3.05) is 5.75 Å². The molecule has 0 aliphatic carbocycles. The average molecular weight is 405 g/mol. The second kappa shape index (κ2) is 6.81. The Kier molecular flexibility index (Phi) is 4.92. The number of rotatable bonds is 0. The van der Waals surface area contributed by atoms with Gasteiger partial charge in [0.15, 0.2) is 5.17 Å². The number of aliphatic imine (C=N–C) groups is 1. The van der Waals surface area contributed by atoms with Crippen LogP contribution in [0.5, 0.6) is 11.5 Å². The number of amidine groups is 1. The number of aryl methyl sites for hydroxylation is 1. The van der Waals surface area contributed by atoms with Crippen molar-refractivity contribution in [2.45, 2.75) is 32.7 Å². The third-order valence-electron chi connectivity index (χ3n) is 4.20. The highest BCUT2D eigenvalue weighted by atomic mass is 79.9. The first-order valence-corrected chi connectivity index (χ1v) is 9.93. The molecule has 24 heavy (non-hydrogen) atoms. The minimum Gasteiger partial charge on any atom is -0.457 e. The monoisotopic (exact) mass is 404 g/mol. The van der Waals surface area contributed by atoms with Crippen LogP contribution in [0.4, 0.5) is 0 Å². The normalized spacial score (nSPS) is 20.9. The van der Waals surface area contributed by atoms with Gasteiger partial charge >= 0.3 is 0 Å². The van der Waals surface area contributed by atoms with Gasteiger partial charge in [-0.25, -0.2) is 4.99 Å². The van der Waals surface area contributed by atoms with Crippen molar-refractivity contribution >= 4 is 32.9 Å². The molecule has 1 unspecified atom stereocenters. The van der Waals surface area contributed by atoms with E-state index in [2.05, 4.69) is 41.1 Å². The Balaban J connectivity index is 0.000000815. The standard InChI is InChI=1S/C17H15BrN2OS.C2H6/c1-10-2-4-14-12(8-10)17(6-7-22-16(19)20-17)13-9-11(18)3-5-15(13)21-14;1-2/h2-5,8-9H,6-7H2,1H3,(H2,19,20);1-2H3. The highest BCUT2D eigenvalue weighted by Gasteiger charge is 2.44. The van der Waals surface area contributed by atoms with E-state index in [0.717, 1.165) is 39.3 Å². The molecule has 0 radical (unpaired) electrons. The molecule has 2 aliphatic rings. The van der Waals surface area contributed by atoms with Crippen molar-refractivity contribution in [1.82, 2.24) is 0 Å². The first-order chi connectivity index (χ1) is 11.6. The number of nitrogens with two attached hydrogens (primary N) is 1. The molecule has 0 aromatic heterocycles. The number of benzene rings is 2. The molecular formula is C19H21BrN2OS. The van der Waals surface area contributed by atoms with Gasteiger partial charge in [-0.2, -0.15) is 0 Å². The maximum atomic E-state index is 6.11. The van der Waals surface area contributed by atoms with Crippen LogP contribution in [-0.2, 0) is 5.54 Å². The molecule has 1 atom stereocenters. The van der Waals surface area contributed by atoms with E-state index in [1.54, 1.807) is 11.8 Å². The van der Waals surface area contributed by atoms with Gasteiger partial charge in [0.25, 0.3) is 0 Å². The number of thioether (sulfide) groups is 1. The Hall–Kier alpha value is -1.46. The van der Waals surface area contributed by atoms with Gasteiger partial charge in [-0.1, -0.05) is 53.2 Å². The third kappa shape index (κ3) is 2.84. The Labute approximate surface area is 155 Å². The molecule has 1 spiro atoms. The van der Waals surface area contributed by atoms with Crippen LogP contribution in [0.1, 0.15) is 37.0 Å². The number of fused-ring (bicyclic) bond motifs is 4. The van der Waals surface area contributed by atoms with Gasteiger partial charge in [-0.15, -0.1) is 0 Å². The summed E-state index contributed by atoms with van der Waals surface area (Å²) in [5.41, 5.74) is 9.05. The number of nitrogens with zero attached hydrogens (tertiary/aromatic N) is 1. The van der Waals surface area contributed by atoms with Gasteiger partial charge in [0.1, 0.15) is 17.0 Å². The second-order valence-corrected chi connectivity index (χ2v) is 7.68. The van der Waals surface area contributed by atoms with Crippen molar-refractivity contribution in [3.63, 3.8) is 0 Å². The molecule has 0 fully saturated rings. The number of hydrogen-bond donors (Lipinski definition) is 1. The smallest absolute Gasteiger partial charge is 0.155 e. The molecule has 2 aromatic rings. The molecule has 0 amide bonds. The molecule has 0 saturated carbocycles. The highest BCUT2D eigenvalue weighted by Crippen LogP contribution is 2.53. The van der Waals surface area contributed by atoms with Crippen LogP contribution in [0.3, 0.4) is 0 Å². The van der Waals surface area contributed by atoms with Gasteiger partial charge < -0.3 is 10.5 Å². The quantitative estimate of drug-likeness (QED) is 0.622. The van der Waals surface area contributed by atoms with Crippen LogP contribution in [0.2, 0.25) is 0 Å². The Morgan fingerprint density at radius 1 is 1.12 bits per heavy atom. The lowest BCUT2D eigenvalue weighted by atomic mass is 9.78. The van der Waals surface area contributed by atoms with Crippen LogP contribution < -0.4 is 10.5 Å². The molecule has 2 N–H and O–H groups in total. The summed E-state index contributed by atoms with van der Waals surface area (Å²) in [6, 6.07) is 12.4. The minimum absolute atomic E-state index is 0.436. The molecule has 2 aromatic carbocycles. The maximum Gasteiger partial charge on any atom is 0.155 e. The molecule has 3 nitrogen and oxygen atoms in total. The summed E-state index contributed by atoms with van der Waals surface area (Å²) in [5.74, 6) is 2.70. The summed E-state index contributed by atoms with van der Waals surface area (Å²) in [6.07, 6.45) is 0.918. The Morgan fingerprint density at radius 3 is 2.50 bits per heavy atom. The summed E-state index contributed by atoms with van der Waals surface area (Å²) in [4.78, 5) is 4.89.